The van der Waals surface area contributed by atoms with Gasteiger partial charge < -0.3 is 9.72 Å². The molecule has 2 aromatic carbocycles. The quantitative estimate of drug-likeness (QED) is 0.518. The van der Waals surface area contributed by atoms with Crippen LogP contribution in [0.5, 0.6) is 5.75 Å². The number of H-pyrrole nitrogens is 1. The number of hydrogen-bond donors (Lipinski definition) is 2. The highest BCUT2D eigenvalue weighted by atomic mass is 79.9. The third-order valence-electron chi connectivity index (χ3n) is 3.49. The summed E-state index contributed by atoms with van der Waals surface area (Å²) in [6.07, 6.45) is 1.64. The maximum Gasteiger partial charge on any atom is 0.277 e. The molecule has 0 radical (unpaired) electrons. The summed E-state index contributed by atoms with van der Waals surface area (Å²) >= 11 is 3.35. The van der Waals surface area contributed by atoms with Gasteiger partial charge in [0.1, 0.15) is 5.75 Å². The number of carbonyl (C=O) groups excluding carboxylic acids is 1. The average molecular weight is 386 g/mol. The van der Waals surface area contributed by atoms with Gasteiger partial charge in [0.05, 0.1) is 6.21 Å². The second-order valence-corrected chi connectivity index (χ2v) is 6.16. The van der Waals surface area contributed by atoms with Crippen molar-refractivity contribution in [3.05, 3.63) is 64.3 Å². The third-order valence-corrected chi connectivity index (χ3v) is 3.99. The van der Waals surface area contributed by atoms with Gasteiger partial charge in [-0.1, -0.05) is 40.2 Å². The average Bonchev–Trinajstić information content (AvgIpc) is 2.89. The first kappa shape index (κ1) is 16.3. The van der Waals surface area contributed by atoms with Crippen molar-refractivity contribution in [1.82, 2.24) is 10.4 Å². The number of amides is 1. The fraction of sp³-hybridized carbons (Fsp3) is 0.111. The molecule has 0 aliphatic rings. The van der Waals surface area contributed by atoms with Crippen molar-refractivity contribution in [2.24, 2.45) is 5.10 Å². The molecule has 0 aliphatic heterocycles. The molecule has 3 aromatic rings. The van der Waals surface area contributed by atoms with Crippen molar-refractivity contribution >= 4 is 39.0 Å². The fourth-order valence-corrected chi connectivity index (χ4v) is 2.75. The number of para-hydroxylation sites is 1. The van der Waals surface area contributed by atoms with E-state index < -0.39 is 0 Å². The molecule has 0 saturated heterocycles. The summed E-state index contributed by atoms with van der Waals surface area (Å²) in [6, 6.07) is 15.3. The lowest BCUT2D eigenvalue weighted by Crippen LogP contribution is -2.24. The largest absolute Gasteiger partial charge is 0.484 e. The van der Waals surface area contributed by atoms with E-state index in [9.17, 15) is 4.79 Å². The predicted octanol–water partition coefficient (Wildman–Crippen LogP) is 3.77. The molecule has 0 saturated carbocycles. The smallest absolute Gasteiger partial charge is 0.277 e. The molecule has 2 N–H and O–H groups in total. The Balaban J connectivity index is 1.59. The summed E-state index contributed by atoms with van der Waals surface area (Å²) in [5, 5.41) is 5.09. The summed E-state index contributed by atoms with van der Waals surface area (Å²) in [6.45, 7) is 1.88. The third kappa shape index (κ3) is 3.83. The van der Waals surface area contributed by atoms with E-state index in [0.29, 0.717) is 5.75 Å². The van der Waals surface area contributed by atoms with Crippen molar-refractivity contribution in [3.63, 3.8) is 0 Å². The molecule has 0 aliphatic carbocycles. The minimum Gasteiger partial charge on any atom is -0.484 e. The lowest BCUT2D eigenvalue weighted by molar-refractivity contribution is -0.123. The van der Waals surface area contributed by atoms with Crippen LogP contribution in [0.2, 0.25) is 0 Å². The molecule has 6 heteroatoms. The highest BCUT2D eigenvalue weighted by Crippen LogP contribution is 2.20. The molecule has 24 heavy (non-hydrogen) atoms. The molecule has 5 nitrogen and oxygen atoms in total. The van der Waals surface area contributed by atoms with E-state index in [1.807, 2.05) is 43.3 Å². The van der Waals surface area contributed by atoms with Crippen LogP contribution in [0, 0.1) is 6.92 Å². The summed E-state index contributed by atoms with van der Waals surface area (Å²) in [4.78, 5) is 15.1. The molecule has 0 spiro atoms. The van der Waals surface area contributed by atoms with Gasteiger partial charge in [-0.05, 0) is 31.2 Å². The van der Waals surface area contributed by atoms with Gasteiger partial charge in [0.25, 0.3) is 5.91 Å². The number of aromatic amines is 1. The zero-order valence-electron chi connectivity index (χ0n) is 13.0. The minimum atomic E-state index is -0.316. The van der Waals surface area contributed by atoms with Gasteiger partial charge in [-0.2, -0.15) is 5.10 Å². The van der Waals surface area contributed by atoms with Crippen LogP contribution in [-0.4, -0.2) is 23.7 Å². The number of hydrogen-bond acceptors (Lipinski definition) is 3. The number of aryl methyl sites for hydroxylation is 1. The number of aromatic nitrogens is 1. The van der Waals surface area contributed by atoms with Crippen LogP contribution in [0.3, 0.4) is 0 Å². The highest BCUT2D eigenvalue weighted by molar-refractivity contribution is 9.10. The molecular weight excluding hydrogens is 370 g/mol. The molecule has 0 fully saturated rings. The number of carbonyl (C=O) groups is 1. The topological polar surface area (TPSA) is 66.5 Å². The van der Waals surface area contributed by atoms with Crippen molar-refractivity contribution in [3.8, 4) is 5.75 Å². The minimum absolute atomic E-state index is 0.0966. The fourth-order valence-electron chi connectivity index (χ4n) is 2.37. The van der Waals surface area contributed by atoms with E-state index in [4.69, 9.17) is 4.74 Å². The Morgan fingerprint density at radius 1 is 1.29 bits per heavy atom. The van der Waals surface area contributed by atoms with Gasteiger partial charge in [-0.25, -0.2) is 5.43 Å². The van der Waals surface area contributed by atoms with E-state index in [1.54, 1.807) is 18.3 Å². The molecule has 1 amide bonds. The number of nitrogens with zero attached hydrogens (tertiary/aromatic N) is 1. The zero-order valence-corrected chi connectivity index (χ0v) is 14.6. The van der Waals surface area contributed by atoms with Gasteiger partial charge in [0.15, 0.2) is 6.61 Å². The lowest BCUT2D eigenvalue weighted by atomic mass is 10.1. The van der Waals surface area contributed by atoms with E-state index in [1.165, 1.54) is 0 Å². The molecular formula is C18H16BrN3O2. The standard InChI is InChI=1S/C18H16BrN3O2/c1-12-16(15-7-2-3-8-17(15)21-12)10-20-22-18(23)11-24-14-6-4-5-13(19)9-14/h2-10,21H,11H2,1H3,(H,22,23). The number of halogens is 1. The zero-order chi connectivity index (χ0) is 16.9. The van der Waals surface area contributed by atoms with Crippen LogP contribution < -0.4 is 10.2 Å². The molecule has 1 heterocycles. The predicted molar refractivity (Wildman–Crippen MR) is 98.4 cm³/mol. The van der Waals surface area contributed by atoms with Crippen molar-refractivity contribution < 1.29 is 9.53 Å². The lowest BCUT2D eigenvalue weighted by Gasteiger charge is -2.05. The maximum atomic E-state index is 11.8. The molecule has 0 unspecified atom stereocenters. The molecule has 122 valence electrons. The van der Waals surface area contributed by atoms with Gasteiger partial charge in [-0.15, -0.1) is 0 Å². The van der Waals surface area contributed by atoms with Crippen molar-refractivity contribution in [1.29, 1.82) is 0 Å². The Hall–Kier alpha value is -2.60. The number of hydrazone groups is 1. The van der Waals surface area contributed by atoms with Crippen molar-refractivity contribution in [2.45, 2.75) is 6.92 Å². The Labute approximate surface area is 147 Å². The Morgan fingerprint density at radius 3 is 2.96 bits per heavy atom. The van der Waals surface area contributed by atoms with Crippen LogP contribution in [-0.2, 0) is 4.79 Å². The number of ether oxygens (including phenoxy) is 1. The van der Waals surface area contributed by atoms with E-state index in [-0.39, 0.29) is 12.5 Å². The first-order valence-corrected chi connectivity index (χ1v) is 8.20. The van der Waals surface area contributed by atoms with Gasteiger partial charge in [0.2, 0.25) is 0 Å². The Kier molecular flexibility index (Phi) is 4.96. The molecule has 0 bridgehead atoms. The van der Waals surface area contributed by atoms with E-state index in [0.717, 1.165) is 26.6 Å². The number of nitrogens with one attached hydrogen (secondary N) is 2. The van der Waals surface area contributed by atoms with E-state index in [2.05, 4.69) is 31.4 Å². The number of fused-ring (bicyclic) bond motifs is 1. The second kappa shape index (κ2) is 7.31. The van der Waals surface area contributed by atoms with Crippen LogP contribution >= 0.6 is 15.9 Å². The monoisotopic (exact) mass is 385 g/mol. The normalized spacial score (nSPS) is 11.1. The maximum absolute atomic E-state index is 11.8. The van der Waals surface area contributed by atoms with Crippen molar-refractivity contribution in [2.75, 3.05) is 6.61 Å². The summed E-state index contributed by atoms with van der Waals surface area (Å²) < 4.78 is 6.30. The highest BCUT2D eigenvalue weighted by Gasteiger charge is 2.06. The van der Waals surface area contributed by atoms with Crippen LogP contribution in [0.1, 0.15) is 11.3 Å². The summed E-state index contributed by atoms with van der Waals surface area (Å²) in [5.41, 5.74) is 5.48. The Bertz CT molecular complexity index is 902. The first-order valence-electron chi connectivity index (χ1n) is 7.41. The van der Waals surface area contributed by atoms with Gasteiger partial charge in [-0.3, -0.25) is 4.79 Å². The Morgan fingerprint density at radius 2 is 2.12 bits per heavy atom. The second-order valence-electron chi connectivity index (χ2n) is 5.25. The van der Waals surface area contributed by atoms with Crippen LogP contribution in [0.4, 0.5) is 0 Å². The summed E-state index contributed by atoms with van der Waals surface area (Å²) in [5.74, 6) is 0.305. The summed E-state index contributed by atoms with van der Waals surface area (Å²) in [7, 11) is 0. The first-order chi connectivity index (χ1) is 11.6. The van der Waals surface area contributed by atoms with Gasteiger partial charge in [0, 0.05) is 26.6 Å². The molecule has 3 rings (SSSR count). The van der Waals surface area contributed by atoms with Gasteiger partial charge >= 0.3 is 0 Å². The van der Waals surface area contributed by atoms with E-state index >= 15 is 0 Å². The van der Waals surface area contributed by atoms with Crippen LogP contribution in [0.25, 0.3) is 10.9 Å². The molecule has 0 atom stereocenters. The molecule has 1 aromatic heterocycles. The SMILES string of the molecule is Cc1[nH]c2ccccc2c1C=NNC(=O)COc1cccc(Br)c1. The van der Waals surface area contributed by atoms with Crippen LogP contribution in [0.15, 0.2) is 58.1 Å². The number of rotatable bonds is 5. The number of benzene rings is 2.